The fourth-order valence-corrected chi connectivity index (χ4v) is 1.83. The second-order valence-electron chi connectivity index (χ2n) is 4.01. The minimum Gasteiger partial charge on any atom is -0.388 e. The molecule has 0 radical (unpaired) electrons. The predicted molar refractivity (Wildman–Crippen MR) is 63.0 cm³/mol. The lowest BCUT2D eigenvalue weighted by atomic mass is 10.1. The Morgan fingerprint density at radius 3 is 2.75 bits per heavy atom. The normalized spacial score (nSPS) is 18.1. The molecule has 1 aliphatic rings. The second-order valence-corrected chi connectivity index (χ2v) is 4.01. The Morgan fingerprint density at radius 1 is 1.25 bits per heavy atom. The van der Waals surface area contributed by atoms with Gasteiger partial charge in [-0.25, -0.2) is 10.1 Å². The molecule has 0 aliphatic carbocycles. The zero-order chi connectivity index (χ0) is 11.2. The van der Waals surface area contributed by atoms with Gasteiger partial charge >= 0.3 is 5.91 Å². The summed E-state index contributed by atoms with van der Waals surface area (Å²) in [5.41, 5.74) is 2.03. The molecule has 1 aromatic carbocycles. The van der Waals surface area contributed by atoms with Crippen molar-refractivity contribution in [3.63, 3.8) is 0 Å². The molecule has 0 spiro atoms. The van der Waals surface area contributed by atoms with Crippen LogP contribution in [0.2, 0.25) is 0 Å². The van der Waals surface area contributed by atoms with Crippen molar-refractivity contribution in [1.82, 2.24) is 5.32 Å². The summed E-state index contributed by atoms with van der Waals surface area (Å²) in [6, 6.07) is 9.69. The van der Waals surface area contributed by atoms with Crippen LogP contribution in [-0.2, 0) is 4.79 Å². The van der Waals surface area contributed by atoms with Gasteiger partial charge in [0.25, 0.3) is 0 Å². The van der Waals surface area contributed by atoms with Crippen LogP contribution in [0.3, 0.4) is 0 Å². The number of primary amides is 1. The maximum Gasteiger partial charge on any atom is 0.342 e. The molecule has 1 amide bonds. The van der Waals surface area contributed by atoms with Crippen LogP contribution in [0.5, 0.6) is 0 Å². The van der Waals surface area contributed by atoms with Gasteiger partial charge in [0.2, 0.25) is 0 Å². The van der Waals surface area contributed by atoms with Gasteiger partial charge in [-0.2, -0.15) is 0 Å². The highest BCUT2D eigenvalue weighted by molar-refractivity contribution is 5.80. The van der Waals surface area contributed by atoms with Gasteiger partial charge in [0.05, 0.1) is 6.08 Å². The third-order valence-corrected chi connectivity index (χ3v) is 2.65. The number of allylic oxidation sites excluding steroid dienone is 1. The number of quaternary nitrogens is 1. The lowest BCUT2D eigenvalue weighted by Gasteiger charge is -2.15. The van der Waals surface area contributed by atoms with Crippen molar-refractivity contribution in [1.29, 1.82) is 0 Å². The van der Waals surface area contributed by atoms with E-state index in [1.165, 1.54) is 12.8 Å². The predicted octanol–water partition coefficient (Wildman–Crippen LogP) is 1.07. The van der Waals surface area contributed by atoms with E-state index in [1.807, 2.05) is 30.3 Å². The van der Waals surface area contributed by atoms with Crippen LogP contribution < -0.4 is 10.6 Å². The molecular formula is C13H17N2O+. The number of amides is 1. The van der Waals surface area contributed by atoms with Gasteiger partial charge < -0.3 is 5.32 Å². The van der Waals surface area contributed by atoms with Crippen molar-refractivity contribution >= 4 is 11.6 Å². The quantitative estimate of drug-likeness (QED) is 0.575. The molecule has 1 aliphatic heterocycles. The average molecular weight is 217 g/mol. The molecule has 3 N–H and O–H groups in total. The summed E-state index contributed by atoms with van der Waals surface area (Å²) in [4.78, 5) is 11.7. The van der Waals surface area contributed by atoms with E-state index in [-0.39, 0.29) is 5.91 Å². The second kappa shape index (κ2) is 5.47. The molecule has 0 bridgehead atoms. The Bertz CT molecular complexity index is 376. The van der Waals surface area contributed by atoms with Gasteiger partial charge in [-0.3, -0.25) is 0 Å². The minimum atomic E-state index is 0.0654. The number of carbonyl (C=O) groups excluding carboxylic acids is 1. The van der Waals surface area contributed by atoms with Crippen LogP contribution >= 0.6 is 0 Å². The van der Waals surface area contributed by atoms with E-state index >= 15 is 0 Å². The lowest BCUT2D eigenvalue weighted by Crippen LogP contribution is -2.81. The van der Waals surface area contributed by atoms with Gasteiger partial charge in [-0.05, 0) is 31.4 Å². The molecule has 2 rings (SSSR count). The van der Waals surface area contributed by atoms with E-state index in [4.69, 9.17) is 0 Å². The van der Waals surface area contributed by atoms with Crippen LogP contribution in [0, 0.1) is 0 Å². The van der Waals surface area contributed by atoms with Gasteiger partial charge in [-0.1, -0.05) is 18.2 Å². The fraction of sp³-hybridized carbons (Fsp3) is 0.308. The average Bonchev–Trinajstić information content (AvgIpc) is 2.31. The summed E-state index contributed by atoms with van der Waals surface area (Å²) in [5.74, 6) is 0.0654. The third kappa shape index (κ3) is 3.21. The Labute approximate surface area is 95.6 Å². The summed E-state index contributed by atoms with van der Waals surface area (Å²) in [7, 11) is 0. The molecule has 0 atom stereocenters. The van der Waals surface area contributed by atoms with E-state index in [1.54, 1.807) is 11.4 Å². The third-order valence-electron chi connectivity index (χ3n) is 2.65. The smallest absolute Gasteiger partial charge is 0.342 e. The summed E-state index contributed by atoms with van der Waals surface area (Å²) in [5, 5.41) is 4.93. The molecule has 1 fully saturated rings. The standard InChI is InChI=1S/C13H16N2O/c16-13(10-12-8-4-5-9-14-12)15-11-6-2-1-3-7-11/h1-3,6-7,10,14H,4-5,8-9H2,(H,15,16)/p+1/b12-10-. The number of piperidine rings is 1. The van der Waals surface area contributed by atoms with Crippen LogP contribution in [0.4, 0.5) is 5.69 Å². The number of benzene rings is 1. The summed E-state index contributed by atoms with van der Waals surface area (Å²) in [6.07, 6.45) is 5.09. The lowest BCUT2D eigenvalue weighted by molar-refractivity contribution is -0.478. The maximum atomic E-state index is 11.7. The highest BCUT2D eigenvalue weighted by Gasteiger charge is 2.09. The van der Waals surface area contributed by atoms with Crippen LogP contribution in [0.15, 0.2) is 42.1 Å². The van der Waals surface area contributed by atoms with E-state index in [0.717, 1.165) is 24.4 Å². The van der Waals surface area contributed by atoms with Crippen LogP contribution in [0.1, 0.15) is 19.3 Å². The largest absolute Gasteiger partial charge is 0.388 e. The molecule has 1 saturated heterocycles. The van der Waals surface area contributed by atoms with Crippen molar-refractivity contribution in [2.75, 3.05) is 6.54 Å². The van der Waals surface area contributed by atoms with Crippen molar-refractivity contribution in [3.8, 4) is 0 Å². The van der Waals surface area contributed by atoms with E-state index in [9.17, 15) is 4.79 Å². The van der Waals surface area contributed by atoms with E-state index in [0.29, 0.717) is 0 Å². The highest BCUT2D eigenvalue weighted by atomic mass is 16.1. The number of hydrogen-bond donors (Lipinski definition) is 2. The van der Waals surface area contributed by atoms with Crippen molar-refractivity contribution in [3.05, 3.63) is 42.1 Å². The molecule has 0 aromatic heterocycles. The van der Waals surface area contributed by atoms with Crippen LogP contribution in [0.25, 0.3) is 0 Å². The Hall–Kier alpha value is -1.61. The number of rotatable bonds is 2. The van der Waals surface area contributed by atoms with Crippen molar-refractivity contribution in [2.24, 2.45) is 0 Å². The number of carbonyl (C=O) groups is 1. The summed E-state index contributed by atoms with van der Waals surface area (Å²) in [6.45, 7) is 0.991. The summed E-state index contributed by atoms with van der Waals surface area (Å²) < 4.78 is 0. The monoisotopic (exact) mass is 217 g/mol. The molecule has 84 valence electrons. The van der Waals surface area contributed by atoms with Gasteiger partial charge in [0.1, 0.15) is 5.69 Å². The SMILES string of the molecule is O=C(/C=C1/CCCCN1)[NH2+]c1ccccc1. The molecule has 16 heavy (non-hydrogen) atoms. The number of para-hydroxylation sites is 1. The summed E-state index contributed by atoms with van der Waals surface area (Å²) >= 11 is 0. The van der Waals surface area contributed by atoms with Gasteiger partial charge in [0.15, 0.2) is 0 Å². The van der Waals surface area contributed by atoms with Gasteiger partial charge in [-0.15, -0.1) is 0 Å². The zero-order valence-corrected chi connectivity index (χ0v) is 9.28. The molecule has 0 unspecified atom stereocenters. The zero-order valence-electron chi connectivity index (χ0n) is 9.28. The number of hydrogen-bond acceptors (Lipinski definition) is 2. The van der Waals surface area contributed by atoms with Crippen molar-refractivity contribution in [2.45, 2.75) is 19.3 Å². The fourth-order valence-electron chi connectivity index (χ4n) is 1.83. The highest BCUT2D eigenvalue weighted by Crippen LogP contribution is 2.09. The first-order valence-electron chi connectivity index (χ1n) is 5.73. The molecule has 3 heteroatoms. The molecular weight excluding hydrogens is 200 g/mol. The Kier molecular flexibility index (Phi) is 3.72. The van der Waals surface area contributed by atoms with E-state index < -0.39 is 0 Å². The van der Waals surface area contributed by atoms with E-state index in [2.05, 4.69) is 5.32 Å². The Morgan fingerprint density at radius 2 is 2.06 bits per heavy atom. The minimum absolute atomic E-state index is 0.0654. The molecule has 1 heterocycles. The Balaban J connectivity index is 1.93. The maximum absolute atomic E-state index is 11.7. The molecule has 0 saturated carbocycles. The molecule has 1 aromatic rings. The number of nitrogens with two attached hydrogens (primary N) is 1. The first-order valence-corrected chi connectivity index (χ1v) is 5.73. The van der Waals surface area contributed by atoms with Gasteiger partial charge in [0, 0.05) is 12.2 Å². The number of nitrogens with one attached hydrogen (secondary N) is 1. The van der Waals surface area contributed by atoms with Crippen LogP contribution in [-0.4, -0.2) is 12.5 Å². The first kappa shape index (κ1) is 10.9. The molecule has 3 nitrogen and oxygen atoms in total. The topological polar surface area (TPSA) is 45.7 Å². The first-order chi connectivity index (χ1) is 7.84. The van der Waals surface area contributed by atoms with Crippen molar-refractivity contribution < 1.29 is 10.1 Å².